The highest BCUT2D eigenvalue weighted by atomic mass is 28.4. The molecule has 0 radical (unpaired) electrons. The molecule has 9 heteroatoms. The lowest BCUT2D eigenvalue weighted by Crippen LogP contribution is -2.71. The van der Waals surface area contributed by atoms with Crippen LogP contribution >= 0.6 is 0 Å². The molecular formula is C39H76O6Si3. The lowest BCUT2D eigenvalue weighted by Gasteiger charge is -2.68. The second-order valence-corrected chi connectivity index (χ2v) is 34.3. The van der Waals surface area contributed by atoms with Crippen LogP contribution in [0.4, 0.5) is 0 Å². The zero-order valence-electron chi connectivity index (χ0n) is 34.0. The summed E-state index contributed by atoms with van der Waals surface area (Å²) in [5.41, 5.74) is -1.51. The molecule has 4 rings (SSSR count). The zero-order chi connectivity index (χ0) is 36.5. The Bertz CT molecular complexity index is 1140. The normalized spacial score (nSPS) is 40.4. The number of hydrogen-bond donors (Lipinski definition) is 1. The fourth-order valence-electron chi connectivity index (χ4n) is 11.4. The largest absolute Gasteiger partial charge is 0.460 e. The van der Waals surface area contributed by atoms with Crippen LogP contribution in [0.3, 0.4) is 0 Å². The highest BCUT2D eigenvalue weighted by Gasteiger charge is 2.70. The van der Waals surface area contributed by atoms with Gasteiger partial charge >= 0.3 is 5.97 Å². The highest BCUT2D eigenvalue weighted by molar-refractivity contribution is 6.70. The molecule has 0 aromatic carbocycles. The van der Waals surface area contributed by atoms with Crippen molar-refractivity contribution >= 4 is 30.9 Å². The maximum atomic E-state index is 13.2. The van der Waals surface area contributed by atoms with Crippen molar-refractivity contribution in [3.05, 3.63) is 0 Å². The van der Waals surface area contributed by atoms with Gasteiger partial charge in [0.1, 0.15) is 5.60 Å². The van der Waals surface area contributed by atoms with E-state index in [1.165, 1.54) is 19.8 Å². The molecule has 280 valence electrons. The Kier molecular flexibility index (Phi) is 11.7. The number of fused-ring (bicyclic) bond motifs is 5. The molecule has 48 heavy (non-hydrogen) atoms. The Morgan fingerprint density at radius 3 is 1.92 bits per heavy atom. The average molecular weight is 725 g/mol. The summed E-state index contributed by atoms with van der Waals surface area (Å²) in [5, 5.41) is 13.2. The minimum Gasteiger partial charge on any atom is -0.460 e. The number of carbonyl (C=O) groups excluding carboxylic acids is 1. The Hall–Kier alpha value is -0.0394. The predicted molar refractivity (Wildman–Crippen MR) is 206 cm³/mol. The van der Waals surface area contributed by atoms with Gasteiger partial charge in [0.25, 0.3) is 0 Å². The number of rotatable bonds is 12. The SMILES string of the molecule is CC(=O)OC(C)(C)C(C)CCC(C)C1CCC2C3CC(O[Si](C)(C)C)C4(O)CC(O[Si](C)(C)C)CCC4(C)C3CC(O[Si](C)(C)C)C12C. The fourth-order valence-corrected chi connectivity index (χ4v) is 15.0. The van der Waals surface area contributed by atoms with Crippen LogP contribution in [-0.4, -0.2) is 65.5 Å². The molecule has 0 saturated heterocycles. The van der Waals surface area contributed by atoms with E-state index in [2.05, 4.69) is 100 Å². The van der Waals surface area contributed by atoms with Gasteiger partial charge in [-0.3, -0.25) is 4.79 Å². The average Bonchev–Trinajstić information content (AvgIpc) is 3.25. The quantitative estimate of drug-likeness (QED) is 0.160. The number of carbonyl (C=O) groups is 1. The molecule has 4 aliphatic rings. The van der Waals surface area contributed by atoms with E-state index in [-0.39, 0.29) is 41.0 Å². The summed E-state index contributed by atoms with van der Waals surface area (Å²) in [6.07, 6.45) is 9.50. The molecular weight excluding hydrogens is 649 g/mol. The van der Waals surface area contributed by atoms with Gasteiger partial charge in [-0.05, 0) is 159 Å². The fraction of sp³-hybridized carbons (Fsp3) is 0.974. The third kappa shape index (κ3) is 8.27. The first-order valence-corrected chi connectivity index (χ1v) is 29.8. The van der Waals surface area contributed by atoms with Crippen LogP contribution in [0.25, 0.3) is 0 Å². The van der Waals surface area contributed by atoms with Crippen LogP contribution in [0.15, 0.2) is 0 Å². The third-order valence-corrected chi connectivity index (χ3v) is 16.8. The van der Waals surface area contributed by atoms with E-state index in [4.69, 9.17) is 18.0 Å². The van der Waals surface area contributed by atoms with Gasteiger partial charge in [0.2, 0.25) is 0 Å². The first-order chi connectivity index (χ1) is 21.6. The smallest absolute Gasteiger partial charge is 0.303 e. The first kappa shape index (κ1) is 40.7. The summed E-state index contributed by atoms with van der Waals surface area (Å²) in [7, 11) is -5.57. The third-order valence-electron chi connectivity index (χ3n) is 13.8. The van der Waals surface area contributed by atoms with Gasteiger partial charge in [0.15, 0.2) is 25.0 Å². The molecule has 0 amide bonds. The summed E-state index contributed by atoms with van der Waals surface area (Å²) in [6, 6.07) is 0. The van der Waals surface area contributed by atoms with E-state index in [0.717, 1.165) is 38.5 Å². The van der Waals surface area contributed by atoms with Gasteiger partial charge in [-0.25, -0.2) is 0 Å². The van der Waals surface area contributed by atoms with Crippen molar-refractivity contribution in [1.82, 2.24) is 0 Å². The Morgan fingerprint density at radius 1 is 0.812 bits per heavy atom. The van der Waals surface area contributed by atoms with Gasteiger partial charge in [-0.15, -0.1) is 0 Å². The van der Waals surface area contributed by atoms with Crippen molar-refractivity contribution in [2.75, 3.05) is 0 Å². The van der Waals surface area contributed by atoms with Crippen LogP contribution in [-0.2, 0) is 22.8 Å². The van der Waals surface area contributed by atoms with E-state index < -0.39 is 36.2 Å². The summed E-state index contributed by atoms with van der Waals surface area (Å²) < 4.78 is 26.9. The molecule has 0 aromatic heterocycles. The Labute approximate surface area is 299 Å². The van der Waals surface area contributed by atoms with E-state index in [1.54, 1.807) is 0 Å². The van der Waals surface area contributed by atoms with Crippen LogP contribution in [0.5, 0.6) is 0 Å². The van der Waals surface area contributed by atoms with E-state index in [0.29, 0.717) is 36.0 Å². The van der Waals surface area contributed by atoms with Gasteiger partial charge < -0.3 is 23.1 Å². The van der Waals surface area contributed by atoms with E-state index >= 15 is 0 Å². The first-order valence-electron chi connectivity index (χ1n) is 19.6. The van der Waals surface area contributed by atoms with Crippen molar-refractivity contribution in [3.63, 3.8) is 0 Å². The maximum Gasteiger partial charge on any atom is 0.303 e. The lowest BCUT2D eigenvalue weighted by molar-refractivity contribution is -0.269. The molecule has 6 nitrogen and oxygen atoms in total. The lowest BCUT2D eigenvalue weighted by atomic mass is 9.41. The van der Waals surface area contributed by atoms with Crippen molar-refractivity contribution in [3.8, 4) is 0 Å². The Morgan fingerprint density at radius 2 is 1.38 bits per heavy atom. The maximum absolute atomic E-state index is 13.2. The Balaban J connectivity index is 1.69. The van der Waals surface area contributed by atoms with Crippen LogP contribution in [0.2, 0.25) is 58.9 Å². The summed E-state index contributed by atoms with van der Waals surface area (Å²) in [5.74, 6) is 2.72. The topological polar surface area (TPSA) is 74.2 Å². The van der Waals surface area contributed by atoms with Crippen molar-refractivity contribution in [2.24, 2.45) is 46.3 Å². The molecule has 0 heterocycles. The zero-order valence-corrected chi connectivity index (χ0v) is 37.0. The molecule has 0 aliphatic heterocycles. The van der Waals surface area contributed by atoms with Crippen LogP contribution < -0.4 is 0 Å². The standard InChI is InChI=1S/C39H76O6Si3/c1-26(17-18-27(2)36(4,5)42-28(3)40)31-19-20-32-30-23-35(45-48(14,15)16)39(41)25-29(43-46(8,9)10)21-22-37(39,6)33(30)24-34(38(31,32)7)44-47(11,12)13/h26-27,29-35,41H,17-25H2,1-16H3. The van der Waals surface area contributed by atoms with Gasteiger partial charge in [0.05, 0.1) is 17.8 Å². The summed E-state index contributed by atoms with van der Waals surface area (Å²) >= 11 is 0. The molecule has 4 fully saturated rings. The number of hydrogen-bond acceptors (Lipinski definition) is 6. The number of ether oxygens (including phenoxy) is 1. The molecule has 0 aromatic rings. The van der Waals surface area contributed by atoms with E-state index in [9.17, 15) is 9.90 Å². The molecule has 0 bridgehead atoms. The van der Waals surface area contributed by atoms with Gasteiger partial charge in [-0.1, -0.05) is 34.1 Å². The molecule has 12 unspecified atom stereocenters. The molecule has 4 aliphatic carbocycles. The number of esters is 1. The van der Waals surface area contributed by atoms with Gasteiger partial charge in [0, 0.05) is 24.9 Å². The summed E-state index contributed by atoms with van der Waals surface area (Å²) in [6.45, 7) is 36.2. The van der Waals surface area contributed by atoms with E-state index in [1.807, 2.05) is 0 Å². The molecule has 12 atom stereocenters. The second-order valence-electron chi connectivity index (χ2n) is 20.9. The van der Waals surface area contributed by atoms with Crippen LogP contribution in [0, 0.1) is 46.3 Å². The van der Waals surface area contributed by atoms with Crippen molar-refractivity contribution in [1.29, 1.82) is 0 Å². The highest BCUT2D eigenvalue weighted by Crippen LogP contribution is 2.70. The van der Waals surface area contributed by atoms with Gasteiger partial charge in [-0.2, -0.15) is 0 Å². The monoisotopic (exact) mass is 724 g/mol. The van der Waals surface area contributed by atoms with Crippen LogP contribution in [0.1, 0.15) is 106 Å². The van der Waals surface area contributed by atoms with Crippen molar-refractivity contribution in [2.45, 2.75) is 195 Å². The minimum absolute atomic E-state index is 0.0865. The minimum atomic E-state index is -1.95. The molecule has 0 spiro atoms. The number of aliphatic hydroxyl groups is 1. The van der Waals surface area contributed by atoms with Crippen molar-refractivity contribution < 1.29 is 27.9 Å². The predicted octanol–water partition coefficient (Wildman–Crippen LogP) is 10.0. The molecule has 1 N–H and O–H groups in total. The summed E-state index contributed by atoms with van der Waals surface area (Å²) in [4.78, 5) is 11.8. The molecule has 4 saturated carbocycles. The second kappa shape index (κ2) is 13.7.